The summed E-state index contributed by atoms with van der Waals surface area (Å²) < 4.78 is 1.05. The molecular formula is C15H25BrCl2N2O. The van der Waals surface area contributed by atoms with Crippen LogP contribution in [0, 0.1) is 6.92 Å². The molecule has 3 nitrogen and oxygen atoms in total. The second-order valence-corrected chi connectivity index (χ2v) is 6.17. The minimum Gasteiger partial charge on any atom is -0.507 e. The van der Waals surface area contributed by atoms with Gasteiger partial charge in [0, 0.05) is 42.3 Å². The molecule has 1 aliphatic rings. The minimum atomic E-state index is 0. The minimum absolute atomic E-state index is 0. The molecule has 6 heteroatoms. The highest BCUT2D eigenvalue weighted by Crippen LogP contribution is 2.36. The largest absolute Gasteiger partial charge is 0.507 e. The molecule has 0 spiro atoms. The maximum absolute atomic E-state index is 10.4. The van der Waals surface area contributed by atoms with Gasteiger partial charge in [-0.1, -0.05) is 29.3 Å². The van der Waals surface area contributed by atoms with E-state index in [-0.39, 0.29) is 24.8 Å². The van der Waals surface area contributed by atoms with E-state index in [1.165, 1.54) is 0 Å². The van der Waals surface area contributed by atoms with Gasteiger partial charge in [-0.15, -0.1) is 24.8 Å². The maximum Gasteiger partial charge on any atom is 0.123 e. The summed E-state index contributed by atoms with van der Waals surface area (Å²) in [7, 11) is 0. The quantitative estimate of drug-likeness (QED) is 0.801. The molecule has 21 heavy (non-hydrogen) atoms. The number of halogens is 3. The molecule has 1 saturated heterocycles. The van der Waals surface area contributed by atoms with E-state index in [1.807, 2.05) is 13.0 Å². The number of phenols is 1. The van der Waals surface area contributed by atoms with Crippen LogP contribution in [0.2, 0.25) is 0 Å². The van der Waals surface area contributed by atoms with Crippen molar-refractivity contribution in [2.75, 3.05) is 26.2 Å². The number of phenolic OH excluding ortho intramolecular Hbond substituents is 1. The van der Waals surface area contributed by atoms with E-state index in [0.717, 1.165) is 54.6 Å². The van der Waals surface area contributed by atoms with Gasteiger partial charge in [-0.2, -0.15) is 0 Å². The number of aryl methyl sites for hydroxylation is 1. The monoisotopic (exact) mass is 398 g/mol. The van der Waals surface area contributed by atoms with Crippen molar-refractivity contribution in [1.82, 2.24) is 10.2 Å². The van der Waals surface area contributed by atoms with E-state index in [1.54, 1.807) is 0 Å². The topological polar surface area (TPSA) is 35.5 Å². The number of nitrogens with zero attached hydrogens (tertiary/aromatic N) is 1. The van der Waals surface area contributed by atoms with E-state index in [2.05, 4.69) is 39.1 Å². The molecule has 0 unspecified atom stereocenters. The molecule has 122 valence electrons. The zero-order valence-electron chi connectivity index (χ0n) is 12.6. The van der Waals surface area contributed by atoms with Crippen molar-refractivity contribution >= 4 is 40.7 Å². The molecule has 1 aliphatic heterocycles. The second kappa shape index (κ2) is 9.90. The van der Waals surface area contributed by atoms with Crippen molar-refractivity contribution in [3.63, 3.8) is 0 Å². The van der Waals surface area contributed by atoms with Gasteiger partial charge in [0.05, 0.1) is 0 Å². The Morgan fingerprint density at radius 3 is 2.48 bits per heavy atom. The Labute approximate surface area is 148 Å². The van der Waals surface area contributed by atoms with Gasteiger partial charge in [-0.05, 0) is 31.0 Å². The van der Waals surface area contributed by atoms with E-state index in [0.29, 0.717) is 11.8 Å². The Morgan fingerprint density at radius 2 is 1.90 bits per heavy atom. The molecule has 1 aromatic carbocycles. The molecule has 2 rings (SSSR count). The highest BCUT2D eigenvalue weighted by atomic mass is 79.9. The Bertz CT molecular complexity index is 440. The molecule has 0 radical (unpaired) electrons. The normalized spacial score (nSPS) is 16.7. The first-order valence-corrected chi connectivity index (χ1v) is 7.86. The standard InChI is InChI=1S/C15H23BrN2O.2ClH/c1-3-4-14(18-7-5-17-6-8-18)13-10-12(16)9-11(2)15(13)19;;/h9-10,14,17,19H,3-8H2,1-2H3;2*1H/t14-;;/m1../s1. The summed E-state index contributed by atoms with van der Waals surface area (Å²) in [6.07, 6.45) is 2.21. The van der Waals surface area contributed by atoms with Crippen LogP contribution in [0.5, 0.6) is 5.75 Å². The number of hydrogen-bond acceptors (Lipinski definition) is 3. The number of hydrogen-bond donors (Lipinski definition) is 2. The van der Waals surface area contributed by atoms with Crippen molar-refractivity contribution in [3.8, 4) is 5.75 Å². The van der Waals surface area contributed by atoms with Gasteiger partial charge >= 0.3 is 0 Å². The Kier molecular flexibility index (Phi) is 9.90. The van der Waals surface area contributed by atoms with Crippen LogP contribution in [-0.2, 0) is 0 Å². The lowest BCUT2D eigenvalue weighted by Crippen LogP contribution is -2.45. The van der Waals surface area contributed by atoms with E-state index in [4.69, 9.17) is 0 Å². The molecule has 1 aromatic rings. The summed E-state index contributed by atoms with van der Waals surface area (Å²) in [5.74, 6) is 0.459. The maximum atomic E-state index is 10.4. The summed E-state index contributed by atoms with van der Waals surface area (Å²) in [6.45, 7) is 8.34. The summed E-state index contributed by atoms with van der Waals surface area (Å²) in [5, 5.41) is 13.8. The first-order valence-electron chi connectivity index (χ1n) is 7.07. The molecule has 1 fully saturated rings. The van der Waals surface area contributed by atoms with Crippen molar-refractivity contribution in [2.24, 2.45) is 0 Å². The lowest BCUT2D eigenvalue weighted by molar-refractivity contribution is 0.162. The summed E-state index contributed by atoms with van der Waals surface area (Å²) in [6, 6.07) is 4.37. The van der Waals surface area contributed by atoms with Crippen molar-refractivity contribution in [3.05, 3.63) is 27.7 Å². The van der Waals surface area contributed by atoms with Crippen LogP contribution in [0.3, 0.4) is 0 Å². The van der Waals surface area contributed by atoms with Gasteiger partial charge in [0.25, 0.3) is 0 Å². The van der Waals surface area contributed by atoms with Crippen LogP contribution in [-0.4, -0.2) is 36.2 Å². The van der Waals surface area contributed by atoms with Crippen LogP contribution in [0.1, 0.15) is 36.9 Å². The smallest absolute Gasteiger partial charge is 0.123 e. The van der Waals surface area contributed by atoms with Crippen LogP contribution in [0.4, 0.5) is 0 Å². The van der Waals surface area contributed by atoms with Crippen LogP contribution in [0.25, 0.3) is 0 Å². The lowest BCUT2D eigenvalue weighted by atomic mass is 9.97. The molecule has 0 aliphatic carbocycles. The molecule has 1 heterocycles. The fourth-order valence-corrected chi connectivity index (χ4v) is 3.41. The Hall–Kier alpha value is -0.000000000000000111. The molecule has 0 bridgehead atoms. The second-order valence-electron chi connectivity index (χ2n) is 5.25. The molecular weight excluding hydrogens is 375 g/mol. The predicted molar refractivity (Wildman–Crippen MR) is 97.1 cm³/mol. The van der Waals surface area contributed by atoms with Crippen LogP contribution in [0.15, 0.2) is 16.6 Å². The van der Waals surface area contributed by atoms with E-state index in [9.17, 15) is 5.11 Å². The first-order chi connectivity index (χ1) is 9.13. The van der Waals surface area contributed by atoms with Gasteiger partial charge < -0.3 is 10.4 Å². The van der Waals surface area contributed by atoms with Gasteiger partial charge in [-0.3, -0.25) is 4.90 Å². The summed E-state index contributed by atoms with van der Waals surface area (Å²) >= 11 is 3.55. The molecule has 1 atom stereocenters. The third kappa shape index (κ3) is 5.29. The number of aromatic hydroxyl groups is 1. The van der Waals surface area contributed by atoms with E-state index >= 15 is 0 Å². The molecule has 0 aromatic heterocycles. The van der Waals surface area contributed by atoms with Gasteiger partial charge in [0.2, 0.25) is 0 Å². The zero-order chi connectivity index (χ0) is 13.8. The third-order valence-electron chi connectivity index (χ3n) is 3.81. The average Bonchev–Trinajstić information content (AvgIpc) is 2.41. The number of nitrogens with one attached hydrogen (secondary N) is 1. The number of benzene rings is 1. The fraction of sp³-hybridized carbons (Fsp3) is 0.600. The van der Waals surface area contributed by atoms with Crippen molar-refractivity contribution < 1.29 is 5.11 Å². The van der Waals surface area contributed by atoms with Gasteiger partial charge in [0.1, 0.15) is 5.75 Å². The summed E-state index contributed by atoms with van der Waals surface area (Å²) in [5.41, 5.74) is 2.01. The van der Waals surface area contributed by atoms with Crippen molar-refractivity contribution in [1.29, 1.82) is 0 Å². The highest BCUT2D eigenvalue weighted by molar-refractivity contribution is 9.10. The number of rotatable bonds is 4. The SMILES string of the molecule is CCC[C@H](c1cc(Br)cc(C)c1O)N1CCNCC1.Cl.Cl. The first kappa shape index (κ1) is 21.0. The van der Waals surface area contributed by atoms with Crippen LogP contribution < -0.4 is 5.32 Å². The van der Waals surface area contributed by atoms with Crippen molar-refractivity contribution in [2.45, 2.75) is 32.7 Å². The fourth-order valence-electron chi connectivity index (χ4n) is 2.82. The predicted octanol–water partition coefficient (Wildman–Crippen LogP) is 4.05. The molecule has 0 amide bonds. The van der Waals surface area contributed by atoms with E-state index < -0.39 is 0 Å². The zero-order valence-corrected chi connectivity index (χ0v) is 15.8. The van der Waals surface area contributed by atoms with Gasteiger partial charge in [0.15, 0.2) is 0 Å². The Balaban J connectivity index is 0.00000200. The number of piperazine rings is 1. The third-order valence-corrected chi connectivity index (χ3v) is 4.27. The highest BCUT2D eigenvalue weighted by Gasteiger charge is 2.24. The summed E-state index contributed by atoms with van der Waals surface area (Å²) in [4.78, 5) is 2.49. The van der Waals surface area contributed by atoms with Gasteiger partial charge in [-0.25, -0.2) is 0 Å². The molecule has 2 N–H and O–H groups in total. The lowest BCUT2D eigenvalue weighted by Gasteiger charge is -2.35. The molecule has 0 saturated carbocycles. The average molecular weight is 400 g/mol. The van der Waals surface area contributed by atoms with Crippen LogP contribution >= 0.6 is 40.7 Å². The Morgan fingerprint density at radius 1 is 1.29 bits per heavy atom.